The molecule has 2 rings (SSSR count). The first kappa shape index (κ1) is 13.6. The third-order valence-electron chi connectivity index (χ3n) is 3.76. The summed E-state index contributed by atoms with van der Waals surface area (Å²) < 4.78 is 5.38. The first-order valence-corrected chi connectivity index (χ1v) is 7.01. The maximum Gasteiger partial charge on any atom is 0.120 e. The molecule has 18 heavy (non-hydrogen) atoms. The predicted octanol–water partition coefficient (Wildman–Crippen LogP) is 1.57. The summed E-state index contributed by atoms with van der Waals surface area (Å²) in [6.07, 6.45) is 1.73. The van der Waals surface area contributed by atoms with Crippen LogP contribution in [0.2, 0.25) is 0 Å². The van der Waals surface area contributed by atoms with E-state index in [1.165, 1.54) is 32.7 Å². The molecular formula is C14H25N3O. The summed E-state index contributed by atoms with van der Waals surface area (Å²) in [4.78, 5) is 5.05. The van der Waals surface area contributed by atoms with E-state index in [4.69, 9.17) is 4.42 Å². The second kappa shape index (κ2) is 6.92. The quantitative estimate of drug-likeness (QED) is 0.831. The Hall–Kier alpha value is -0.840. The largest absolute Gasteiger partial charge is 0.468 e. The summed E-state index contributed by atoms with van der Waals surface area (Å²) in [6, 6.07) is 4.27. The van der Waals surface area contributed by atoms with Gasteiger partial charge in [-0.3, -0.25) is 4.90 Å². The Bertz CT molecular complexity index is 318. The van der Waals surface area contributed by atoms with Crippen molar-refractivity contribution in [2.75, 3.05) is 45.8 Å². The lowest BCUT2D eigenvalue weighted by Crippen LogP contribution is -2.47. The molecule has 1 aromatic heterocycles. The van der Waals surface area contributed by atoms with Crippen molar-refractivity contribution < 1.29 is 4.42 Å². The zero-order valence-electron chi connectivity index (χ0n) is 11.6. The van der Waals surface area contributed by atoms with Gasteiger partial charge in [0.2, 0.25) is 0 Å². The molecular weight excluding hydrogens is 226 g/mol. The highest BCUT2D eigenvalue weighted by atomic mass is 16.3. The number of nitrogens with zero attached hydrogens (tertiary/aromatic N) is 2. The van der Waals surface area contributed by atoms with Gasteiger partial charge in [-0.1, -0.05) is 6.92 Å². The zero-order valence-corrected chi connectivity index (χ0v) is 11.6. The standard InChI is InChI=1S/C14H25N3O/c1-3-16-8-10-17(11-9-16)7-6-15-13(2)14-5-4-12-18-14/h4-5,12-13,15H,3,6-11H2,1-2H3. The molecule has 0 spiro atoms. The Morgan fingerprint density at radius 3 is 2.61 bits per heavy atom. The fraction of sp³-hybridized carbons (Fsp3) is 0.714. The van der Waals surface area contributed by atoms with E-state index in [0.717, 1.165) is 18.8 Å². The molecule has 1 N–H and O–H groups in total. The van der Waals surface area contributed by atoms with Crippen molar-refractivity contribution >= 4 is 0 Å². The van der Waals surface area contributed by atoms with Gasteiger partial charge in [0.15, 0.2) is 0 Å². The Morgan fingerprint density at radius 1 is 1.28 bits per heavy atom. The van der Waals surface area contributed by atoms with Crippen LogP contribution in [0.3, 0.4) is 0 Å². The fourth-order valence-corrected chi connectivity index (χ4v) is 2.41. The molecule has 1 saturated heterocycles. The summed E-state index contributed by atoms with van der Waals surface area (Å²) in [7, 11) is 0. The number of likely N-dealkylation sites (N-methyl/N-ethyl adjacent to an activating group) is 1. The zero-order chi connectivity index (χ0) is 12.8. The van der Waals surface area contributed by atoms with Crippen molar-refractivity contribution in [1.82, 2.24) is 15.1 Å². The second-order valence-corrected chi connectivity index (χ2v) is 4.97. The molecule has 0 aliphatic carbocycles. The molecule has 2 heterocycles. The van der Waals surface area contributed by atoms with Crippen molar-refractivity contribution in [3.05, 3.63) is 24.2 Å². The number of hydrogen-bond acceptors (Lipinski definition) is 4. The van der Waals surface area contributed by atoms with E-state index in [9.17, 15) is 0 Å². The Kier molecular flexibility index (Phi) is 5.23. The van der Waals surface area contributed by atoms with E-state index in [1.54, 1.807) is 6.26 Å². The topological polar surface area (TPSA) is 31.6 Å². The normalized spacial score (nSPS) is 20.1. The van der Waals surface area contributed by atoms with E-state index in [0.29, 0.717) is 6.04 Å². The first-order chi connectivity index (χ1) is 8.79. The Labute approximate surface area is 110 Å². The highest BCUT2D eigenvalue weighted by molar-refractivity contribution is 5.02. The van der Waals surface area contributed by atoms with Crippen LogP contribution in [-0.2, 0) is 0 Å². The van der Waals surface area contributed by atoms with Crippen LogP contribution in [0, 0.1) is 0 Å². The number of rotatable bonds is 6. The summed E-state index contributed by atoms with van der Waals surface area (Å²) in [5.41, 5.74) is 0. The van der Waals surface area contributed by atoms with Gasteiger partial charge in [-0.05, 0) is 25.6 Å². The maximum atomic E-state index is 5.38. The molecule has 1 fully saturated rings. The highest BCUT2D eigenvalue weighted by Gasteiger charge is 2.15. The number of piperazine rings is 1. The predicted molar refractivity (Wildman–Crippen MR) is 73.7 cm³/mol. The van der Waals surface area contributed by atoms with Crippen LogP contribution < -0.4 is 5.32 Å². The fourth-order valence-electron chi connectivity index (χ4n) is 2.41. The maximum absolute atomic E-state index is 5.38. The van der Waals surface area contributed by atoms with Gasteiger partial charge in [0.1, 0.15) is 5.76 Å². The van der Waals surface area contributed by atoms with E-state index < -0.39 is 0 Å². The SMILES string of the molecule is CCN1CCN(CCNC(C)c2ccco2)CC1. The third kappa shape index (κ3) is 3.83. The average molecular weight is 251 g/mol. The molecule has 1 aliphatic rings. The van der Waals surface area contributed by atoms with Gasteiger partial charge in [0, 0.05) is 39.3 Å². The van der Waals surface area contributed by atoms with Crippen molar-refractivity contribution in [3.8, 4) is 0 Å². The second-order valence-electron chi connectivity index (χ2n) is 4.97. The van der Waals surface area contributed by atoms with Gasteiger partial charge >= 0.3 is 0 Å². The third-order valence-corrected chi connectivity index (χ3v) is 3.76. The lowest BCUT2D eigenvalue weighted by atomic mass is 10.2. The van der Waals surface area contributed by atoms with Gasteiger partial charge in [-0.2, -0.15) is 0 Å². The molecule has 0 bridgehead atoms. The summed E-state index contributed by atoms with van der Waals surface area (Å²) in [5.74, 6) is 1.02. The molecule has 4 nitrogen and oxygen atoms in total. The van der Waals surface area contributed by atoms with E-state index >= 15 is 0 Å². The molecule has 1 aliphatic heterocycles. The average Bonchev–Trinajstić information content (AvgIpc) is 2.93. The minimum atomic E-state index is 0.303. The van der Waals surface area contributed by atoms with E-state index in [-0.39, 0.29) is 0 Å². The molecule has 102 valence electrons. The number of nitrogens with one attached hydrogen (secondary N) is 1. The number of furan rings is 1. The lowest BCUT2D eigenvalue weighted by Gasteiger charge is -2.34. The van der Waals surface area contributed by atoms with Crippen LogP contribution in [0.15, 0.2) is 22.8 Å². The van der Waals surface area contributed by atoms with Gasteiger partial charge < -0.3 is 14.6 Å². The van der Waals surface area contributed by atoms with E-state index in [2.05, 4.69) is 29.0 Å². The van der Waals surface area contributed by atoms with Gasteiger partial charge in [-0.25, -0.2) is 0 Å². The van der Waals surface area contributed by atoms with Gasteiger partial charge in [0.05, 0.1) is 12.3 Å². The van der Waals surface area contributed by atoms with Gasteiger partial charge in [0.25, 0.3) is 0 Å². The van der Waals surface area contributed by atoms with Crippen LogP contribution >= 0.6 is 0 Å². The molecule has 0 amide bonds. The van der Waals surface area contributed by atoms with Crippen molar-refractivity contribution in [1.29, 1.82) is 0 Å². The van der Waals surface area contributed by atoms with Crippen LogP contribution in [0.25, 0.3) is 0 Å². The highest BCUT2D eigenvalue weighted by Crippen LogP contribution is 2.11. The van der Waals surface area contributed by atoms with Crippen molar-refractivity contribution in [2.45, 2.75) is 19.9 Å². The lowest BCUT2D eigenvalue weighted by molar-refractivity contribution is 0.137. The Morgan fingerprint density at radius 2 is 2.00 bits per heavy atom. The molecule has 0 saturated carbocycles. The van der Waals surface area contributed by atoms with Crippen molar-refractivity contribution in [2.24, 2.45) is 0 Å². The molecule has 0 radical (unpaired) electrons. The molecule has 0 aromatic carbocycles. The smallest absolute Gasteiger partial charge is 0.120 e. The van der Waals surface area contributed by atoms with Gasteiger partial charge in [-0.15, -0.1) is 0 Å². The monoisotopic (exact) mass is 251 g/mol. The van der Waals surface area contributed by atoms with E-state index in [1.807, 2.05) is 12.1 Å². The van der Waals surface area contributed by atoms with Crippen molar-refractivity contribution in [3.63, 3.8) is 0 Å². The molecule has 1 unspecified atom stereocenters. The summed E-state index contributed by atoms with van der Waals surface area (Å²) in [6.45, 7) is 12.5. The first-order valence-electron chi connectivity index (χ1n) is 7.01. The molecule has 1 atom stereocenters. The van der Waals surface area contributed by atoms with Crippen LogP contribution in [-0.4, -0.2) is 55.6 Å². The molecule has 1 aromatic rings. The summed E-state index contributed by atoms with van der Waals surface area (Å²) >= 11 is 0. The van der Waals surface area contributed by atoms with Crippen LogP contribution in [0.1, 0.15) is 25.6 Å². The minimum Gasteiger partial charge on any atom is -0.468 e. The summed E-state index contributed by atoms with van der Waals surface area (Å²) in [5, 5.41) is 3.51. The minimum absolute atomic E-state index is 0.303. The van der Waals surface area contributed by atoms with Crippen LogP contribution in [0.5, 0.6) is 0 Å². The Balaban J connectivity index is 1.61. The number of hydrogen-bond donors (Lipinski definition) is 1. The van der Waals surface area contributed by atoms with Crippen LogP contribution in [0.4, 0.5) is 0 Å². The molecule has 4 heteroatoms.